The Balaban J connectivity index is 2.34. The standard InChI is InChI=1S/C13H12S2/c1-15-13(14)9-10-6-7-11-4-2-3-5-12(11)8-10/h2-8H,9H2,1H3. The van der Waals surface area contributed by atoms with Gasteiger partial charge in [0.1, 0.15) is 0 Å². The topological polar surface area (TPSA) is 0 Å². The first kappa shape index (κ1) is 10.7. The van der Waals surface area contributed by atoms with Crippen molar-refractivity contribution >= 4 is 38.9 Å². The highest BCUT2D eigenvalue weighted by Gasteiger charge is 1.99. The van der Waals surface area contributed by atoms with E-state index in [-0.39, 0.29) is 0 Å². The van der Waals surface area contributed by atoms with Gasteiger partial charge in [0.2, 0.25) is 0 Å². The molecule has 2 heteroatoms. The minimum absolute atomic E-state index is 0.890. The SMILES string of the molecule is CSC(=S)Cc1ccc2ccccc2c1. The van der Waals surface area contributed by atoms with E-state index in [9.17, 15) is 0 Å². The van der Waals surface area contributed by atoms with Crippen molar-refractivity contribution in [2.75, 3.05) is 6.26 Å². The lowest BCUT2D eigenvalue weighted by molar-refractivity contribution is 1.39. The third kappa shape index (κ3) is 2.58. The van der Waals surface area contributed by atoms with E-state index in [2.05, 4.69) is 42.5 Å². The minimum atomic E-state index is 0.890. The number of hydrogen-bond donors (Lipinski definition) is 0. The van der Waals surface area contributed by atoms with Crippen LogP contribution in [0.25, 0.3) is 10.8 Å². The van der Waals surface area contributed by atoms with E-state index in [1.165, 1.54) is 16.3 Å². The number of fused-ring (bicyclic) bond motifs is 1. The number of thioether (sulfide) groups is 1. The quantitative estimate of drug-likeness (QED) is 0.716. The van der Waals surface area contributed by atoms with Crippen LogP contribution >= 0.6 is 24.0 Å². The van der Waals surface area contributed by atoms with E-state index in [1.807, 2.05) is 6.26 Å². The molecule has 0 nitrogen and oxygen atoms in total. The Morgan fingerprint density at radius 1 is 1.13 bits per heavy atom. The van der Waals surface area contributed by atoms with E-state index in [0.717, 1.165) is 10.6 Å². The van der Waals surface area contributed by atoms with Crippen molar-refractivity contribution in [2.45, 2.75) is 6.42 Å². The summed E-state index contributed by atoms with van der Waals surface area (Å²) in [6.07, 6.45) is 2.92. The van der Waals surface area contributed by atoms with Gasteiger partial charge in [-0.2, -0.15) is 0 Å². The van der Waals surface area contributed by atoms with Crippen LogP contribution in [0, 0.1) is 0 Å². The van der Waals surface area contributed by atoms with E-state index in [4.69, 9.17) is 12.2 Å². The summed E-state index contributed by atoms with van der Waals surface area (Å²) in [4.78, 5) is 0. The molecule has 0 unspecified atom stereocenters. The number of rotatable bonds is 2. The molecule has 15 heavy (non-hydrogen) atoms. The molecule has 0 radical (unpaired) electrons. The average Bonchev–Trinajstić information content (AvgIpc) is 2.29. The minimum Gasteiger partial charge on any atom is -0.122 e. The molecule has 0 saturated carbocycles. The van der Waals surface area contributed by atoms with Gasteiger partial charge in [0.25, 0.3) is 0 Å². The molecule has 0 aliphatic rings. The monoisotopic (exact) mass is 232 g/mol. The molecule has 0 fully saturated rings. The first-order valence-electron chi connectivity index (χ1n) is 4.84. The van der Waals surface area contributed by atoms with Crippen LogP contribution in [-0.2, 0) is 6.42 Å². The fraction of sp³-hybridized carbons (Fsp3) is 0.154. The van der Waals surface area contributed by atoms with Crippen LogP contribution in [0.15, 0.2) is 42.5 Å². The lowest BCUT2D eigenvalue weighted by Crippen LogP contribution is -1.93. The average molecular weight is 232 g/mol. The summed E-state index contributed by atoms with van der Waals surface area (Å²) in [5.74, 6) is 0. The lowest BCUT2D eigenvalue weighted by atomic mass is 10.1. The van der Waals surface area contributed by atoms with E-state index in [1.54, 1.807) is 11.8 Å². The number of benzene rings is 2. The molecular formula is C13H12S2. The highest BCUT2D eigenvalue weighted by Crippen LogP contribution is 2.17. The molecule has 0 aromatic heterocycles. The molecule has 2 aromatic rings. The van der Waals surface area contributed by atoms with Crippen molar-refractivity contribution in [3.8, 4) is 0 Å². The molecule has 0 atom stereocenters. The Kier molecular flexibility index (Phi) is 3.39. The molecule has 76 valence electrons. The molecule has 0 heterocycles. The highest BCUT2D eigenvalue weighted by atomic mass is 32.2. The Hall–Kier alpha value is -0.860. The molecule has 2 rings (SSSR count). The van der Waals surface area contributed by atoms with Gasteiger partial charge in [-0.3, -0.25) is 0 Å². The maximum atomic E-state index is 5.22. The van der Waals surface area contributed by atoms with Crippen molar-refractivity contribution in [1.82, 2.24) is 0 Å². The van der Waals surface area contributed by atoms with Crippen LogP contribution in [0.3, 0.4) is 0 Å². The molecular weight excluding hydrogens is 220 g/mol. The second-order valence-corrected chi connectivity index (χ2v) is 5.09. The van der Waals surface area contributed by atoms with Crippen LogP contribution < -0.4 is 0 Å². The van der Waals surface area contributed by atoms with Crippen molar-refractivity contribution in [3.05, 3.63) is 48.0 Å². The summed E-state index contributed by atoms with van der Waals surface area (Å²) in [5, 5.41) is 2.58. The number of hydrogen-bond acceptors (Lipinski definition) is 2. The summed E-state index contributed by atoms with van der Waals surface area (Å²) in [6.45, 7) is 0. The number of thiocarbonyl (C=S) groups is 1. The summed E-state index contributed by atoms with van der Waals surface area (Å²) in [7, 11) is 0. The van der Waals surface area contributed by atoms with E-state index < -0.39 is 0 Å². The van der Waals surface area contributed by atoms with Gasteiger partial charge in [-0.25, -0.2) is 0 Å². The predicted molar refractivity (Wildman–Crippen MR) is 73.8 cm³/mol. The molecule has 0 bridgehead atoms. The van der Waals surface area contributed by atoms with Gasteiger partial charge in [-0.1, -0.05) is 54.7 Å². The summed E-state index contributed by atoms with van der Waals surface area (Å²) >= 11 is 6.88. The molecule has 0 amide bonds. The second kappa shape index (κ2) is 4.77. The van der Waals surface area contributed by atoms with Crippen molar-refractivity contribution < 1.29 is 0 Å². The molecule has 0 spiro atoms. The van der Waals surface area contributed by atoms with Crippen molar-refractivity contribution in [2.24, 2.45) is 0 Å². The highest BCUT2D eigenvalue weighted by molar-refractivity contribution is 8.22. The zero-order valence-corrected chi connectivity index (χ0v) is 10.2. The second-order valence-electron chi connectivity index (χ2n) is 3.43. The zero-order valence-electron chi connectivity index (χ0n) is 8.57. The van der Waals surface area contributed by atoms with Gasteiger partial charge in [0.15, 0.2) is 0 Å². The van der Waals surface area contributed by atoms with Crippen molar-refractivity contribution in [3.63, 3.8) is 0 Å². The van der Waals surface area contributed by atoms with E-state index >= 15 is 0 Å². The Morgan fingerprint density at radius 2 is 1.87 bits per heavy atom. The van der Waals surface area contributed by atoms with Gasteiger partial charge in [-0.15, -0.1) is 11.8 Å². The van der Waals surface area contributed by atoms with Crippen LogP contribution in [0.2, 0.25) is 0 Å². The van der Waals surface area contributed by atoms with Gasteiger partial charge >= 0.3 is 0 Å². The van der Waals surface area contributed by atoms with Crippen LogP contribution in [0.1, 0.15) is 5.56 Å². The normalized spacial score (nSPS) is 10.5. The molecule has 0 aliphatic carbocycles. The maximum absolute atomic E-state index is 5.22. The third-order valence-electron chi connectivity index (χ3n) is 2.39. The lowest BCUT2D eigenvalue weighted by Gasteiger charge is -2.03. The first-order valence-corrected chi connectivity index (χ1v) is 6.47. The Morgan fingerprint density at radius 3 is 2.60 bits per heavy atom. The Labute approximate surface area is 99.7 Å². The fourth-order valence-corrected chi connectivity index (χ4v) is 2.07. The fourth-order valence-electron chi connectivity index (χ4n) is 1.59. The van der Waals surface area contributed by atoms with Gasteiger partial charge in [0, 0.05) is 6.42 Å². The molecule has 0 saturated heterocycles. The van der Waals surface area contributed by atoms with Crippen molar-refractivity contribution in [1.29, 1.82) is 0 Å². The predicted octanol–water partition coefficient (Wildman–Crippen LogP) is 4.07. The summed E-state index contributed by atoms with van der Waals surface area (Å²) in [5.41, 5.74) is 1.30. The van der Waals surface area contributed by atoms with Gasteiger partial charge in [-0.05, 0) is 22.6 Å². The van der Waals surface area contributed by atoms with Gasteiger partial charge < -0.3 is 0 Å². The Bertz CT molecular complexity index is 489. The van der Waals surface area contributed by atoms with Crippen LogP contribution in [-0.4, -0.2) is 10.5 Å². The largest absolute Gasteiger partial charge is 0.122 e. The molecule has 0 N–H and O–H groups in total. The summed E-state index contributed by atoms with van der Waals surface area (Å²) < 4.78 is 1.05. The molecule has 2 aromatic carbocycles. The maximum Gasteiger partial charge on any atom is 0.0519 e. The third-order valence-corrected chi connectivity index (χ3v) is 3.63. The van der Waals surface area contributed by atoms with Gasteiger partial charge in [0.05, 0.1) is 4.20 Å². The van der Waals surface area contributed by atoms with Crippen LogP contribution in [0.5, 0.6) is 0 Å². The summed E-state index contributed by atoms with van der Waals surface area (Å²) in [6, 6.07) is 14.9. The van der Waals surface area contributed by atoms with E-state index in [0.29, 0.717) is 0 Å². The van der Waals surface area contributed by atoms with Crippen LogP contribution in [0.4, 0.5) is 0 Å². The first-order chi connectivity index (χ1) is 7.29. The zero-order chi connectivity index (χ0) is 10.7. The smallest absolute Gasteiger partial charge is 0.0519 e. The molecule has 0 aliphatic heterocycles.